The van der Waals surface area contributed by atoms with Gasteiger partial charge in [-0.2, -0.15) is 0 Å². The lowest BCUT2D eigenvalue weighted by molar-refractivity contribution is 0.669. The van der Waals surface area contributed by atoms with E-state index in [1.165, 1.54) is 65.7 Å². The summed E-state index contributed by atoms with van der Waals surface area (Å²) in [7, 11) is 0. The monoisotopic (exact) mass is 789 g/mol. The molecular formula is C60H39NO. The van der Waals surface area contributed by atoms with Crippen LogP contribution in [-0.4, -0.2) is 0 Å². The summed E-state index contributed by atoms with van der Waals surface area (Å²) in [5.41, 5.74) is 14.5. The quantitative estimate of drug-likeness (QED) is 0.150. The third-order valence-electron chi connectivity index (χ3n) is 12.4. The fourth-order valence-corrected chi connectivity index (χ4v) is 9.41. The Hall–Kier alpha value is -8.20. The van der Waals surface area contributed by atoms with Crippen LogP contribution in [0.1, 0.15) is 0 Å². The van der Waals surface area contributed by atoms with Gasteiger partial charge in [0.2, 0.25) is 0 Å². The lowest BCUT2D eigenvalue weighted by Gasteiger charge is -2.27. The second kappa shape index (κ2) is 14.8. The van der Waals surface area contributed by atoms with Crippen molar-refractivity contribution < 1.29 is 4.42 Å². The summed E-state index contributed by atoms with van der Waals surface area (Å²) < 4.78 is 6.19. The Morgan fingerprint density at radius 1 is 0.242 bits per heavy atom. The van der Waals surface area contributed by atoms with Crippen molar-refractivity contribution in [2.75, 3.05) is 4.90 Å². The molecule has 1 aromatic heterocycles. The Labute approximate surface area is 360 Å². The van der Waals surface area contributed by atoms with Crippen LogP contribution >= 0.6 is 0 Å². The highest BCUT2D eigenvalue weighted by Crippen LogP contribution is 2.42. The van der Waals surface area contributed by atoms with Gasteiger partial charge < -0.3 is 9.32 Å². The number of benzene rings is 11. The van der Waals surface area contributed by atoms with Crippen molar-refractivity contribution in [1.82, 2.24) is 0 Å². The van der Waals surface area contributed by atoms with Crippen LogP contribution in [0.4, 0.5) is 17.1 Å². The smallest absolute Gasteiger partial charge is 0.135 e. The normalized spacial score (nSPS) is 11.5. The van der Waals surface area contributed by atoms with Gasteiger partial charge in [0.1, 0.15) is 11.2 Å². The first kappa shape index (κ1) is 35.7. The molecule has 2 heteroatoms. The van der Waals surface area contributed by atoms with Crippen molar-refractivity contribution in [3.63, 3.8) is 0 Å². The van der Waals surface area contributed by atoms with Crippen molar-refractivity contribution >= 4 is 71.3 Å². The molecule has 0 atom stereocenters. The minimum atomic E-state index is 0.897. The molecule has 0 amide bonds. The standard InChI is InChI=1S/C60H39NO/c1-3-19-51-42(12-1)14-11-24-52(51)43-28-26-40(27-29-43)41-30-33-48(34-31-41)61(49-17-9-15-44(36-49)45-32-35-60-58(38-45)56-23-7-8-25-59(56)62-60)50-18-10-16-46(37-50)57-39-47-13-2-4-20-53(47)54-21-5-6-22-55(54)57/h1-39H. The van der Waals surface area contributed by atoms with Gasteiger partial charge in [0.25, 0.3) is 0 Å². The molecule has 12 rings (SSSR count). The zero-order valence-electron chi connectivity index (χ0n) is 33.9. The molecule has 0 radical (unpaired) electrons. The minimum absolute atomic E-state index is 0.897. The third kappa shape index (κ3) is 6.20. The van der Waals surface area contributed by atoms with Gasteiger partial charge in [-0.05, 0) is 137 Å². The van der Waals surface area contributed by atoms with Crippen molar-refractivity contribution in [2.24, 2.45) is 0 Å². The van der Waals surface area contributed by atoms with E-state index in [9.17, 15) is 0 Å². The van der Waals surface area contributed by atoms with Gasteiger partial charge >= 0.3 is 0 Å². The molecule has 62 heavy (non-hydrogen) atoms. The topological polar surface area (TPSA) is 16.4 Å². The fourth-order valence-electron chi connectivity index (χ4n) is 9.41. The van der Waals surface area contributed by atoms with Gasteiger partial charge in [-0.3, -0.25) is 0 Å². The van der Waals surface area contributed by atoms with E-state index >= 15 is 0 Å². The van der Waals surface area contributed by atoms with E-state index in [1.54, 1.807) is 0 Å². The van der Waals surface area contributed by atoms with Crippen molar-refractivity contribution in [3.05, 3.63) is 237 Å². The first-order valence-electron chi connectivity index (χ1n) is 21.2. The maximum absolute atomic E-state index is 6.19. The summed E-state index contributed by atoms with van der Waals surface area (Å²) in [6.45, 7) is 0. The molecule has 0 unspecified atom stereocenters. The van der Waals surface area contributed by atoms with Gasteiger partial charge in [-0.25, -0.2) is 0 Å². The lowest BCUT2D eigenvalue weighted by atomic mass is 9.93. The van der Waals surface area contributed by atoms with Crippen LogP contribution in [-0.2, 0) is 0 Å². The predicted molar refractivity (Wildman–Crippen MR) is 263 cm³/mol. The maximum atomic E-state index is 6.19. The number of hydrogen-bond donors (Lipinski definition) is 0. The number of para-hydroxylation sites is 1. The summed E-state index contributed by atoms with van der Waals surface area (Å²) in [5.74, 6) is 0. The van der Waals surface area contributed by atoms with E-state index in [4.69, 9.17) is 4.42 Å². The van der Waals surface area contributed by atoms with E-state index in [1.807, 2.05) is 12.1 Å². The van der Waals surface area contributed by atoms with Gasteiger partial charge in [0, 0.05) is 27.8 Å². The highest BCUT2D eigenvalue weighted by molar-refractivity contribution is 6.14. The molecule has 0 aliphatic rings. The molecule has 2 nitrogen and oxygen atoms in total. The average Bonchev–Trinajstić information content (AvgIpc) is 3.72. The lowest BCUT2D eigenvalue weighted by Crippen LogP contribution is -2.10. The zero-order valence-corrected chi connectivity index (χ0v) is 33.9. The van der Waals surface area contributed by atoms with E-state index in [2.05, 4.69) is 229 Å². The van der Waals surface area contributed by atoms with E-state index < -0.39 is 0 Å². The zero-order chi connectivity index (χ0) is 41.0. The van der Waals surface area contributed by atoms with Crippen LogP contribution in [0.15, 0.2) is 241 Å². The van der Waals surface area contributed by atoms with Crippen molar-refractivity contribution in [2.45, 2.75) is 0 Å². The molecule has 0 spiro atoms. The summed E-state index contributed by atoms with van der Waals surface area (Å²) in [5, 5.41) is 9.78. The van der Waals surface area contributed by atoms with Gasteiger partial charge in [0.15, 0.2) is 0 Å². The Balaban J connectivity index is 0.963. The summed E-state index contributed by atoms with van der Waals surface area (Å²) in [4.78, 5) is 2.38. The Bertz CT molecular complexity index is 3630. The average molecular weight is 790 g/mol. The number of anilines is 3. The van der Waals surface area contributed by atoms with Crippen LogP contribution in [0.3, 0.4) is 0 Å². The molecule has 0 fully saturated rings. The molecule has 1 heterocycles. The molecular weight excluding hydrogens is 751 g/mol. The van der Waals surface area contributed by atoms with Gasteiger partial charge in [0.05, 0.1) is 0 Å². The number of rotatable bonds is 7. The van der Waals surface area contributed by atoms with Crippen LogP contribution in [0, 0.1) is 0 Å². The molecule has 0 N–H and O–H groups in total. The van der Waals surface area contributed by atoms with Gasteiger partial charge in [-0.15, -0.1) is 0 Å². The largest absolute Gasteiger partial charge is 0.456 e. The van der Waals surface area contributed by atoms with Crippen LogP contribution in [0.25, 0.3) is 98.8 Å². The summed E-state index contributed by atoms with van der Waals surface area (Å²) in [6, 6.07) is 85.6. The highest BCUT2D eigenvalue weighted by Gasteiger charge is 2.17. The van der Waals surface area contributed by atoms with E-state index in [0.717, 1.165) is 50.1 Å². The molecule has 0 saturated carbocycles. The number of nitrogens with zero attached hydrogens (tertiary/aromatic N) is 1. The molecule has 0 aliphatic heterocycles. The van der Waals surface area contributed by atoms with Crippen LogP contribution < -0.4 is 4.90 Å². The van der Waals surface area contributed by atoms with Crippen LogP contribution in [0.2, 0.25) is 0 Å². The maximum Gasteiger partial charge on any atom is 0.135 e. The van der Waals surface area contributed by atoms with Gasteiger partial charge in [-0.1, -0.05) is 176 Å². The molecule has 290 valence electrons. The fraction of sp³-hybridized carbons (Fsp3) is 0. The Morgan fingerprint density at radius 3 is 1.56 bits per heavy atom. The number of hydrogen-bond acceptors (Lipinski definition) is 2. The second-order valence-corrected chi connectivity index (χ2v) is 16.1. The molecule has 12 aromatic rings. The van der Waals surface area contributed by atoms with Crippen molar-refractivity contribution in [1.29, 1.82) is 0 Å². The molecule has 0 aliphatic carbocycles. The first-order valence-corrected chi connectivity index (χ1v) is 21.2. The third-order valence-corrected chi connectivity index (χ3v) is 12.4. The SMILES string of the molecule is c1cc(-c2ccc3oc4ccccc4c3c2)cc(N(c2ccc(-c3ccc(-c4cccc5ccccc45)cc3)cc2)c2cccc(-c3cc4ccccc4c4ccccc34)c2)c1. The number of fused-ring (bicyclic) bond motifs is 7. The Morgan fingerprint density at radius 2 is 0.774 bits per heavy atom. The van der Waals surface area contributed by atoms with E-state index in [-0.39, 0.29) is 0 Å². The summed E-state index contributed by atoms with van der Waals surface area (Å²) in [6.07, 6.45) is 0. The van der Waals surface area contributed by atoms with E-state index in [0.29, 0.717) is 0 Å². The Kier molecular flexibility index (Phi) is 8.53. The molecule has 0 saturated heterocycles. The number of furan rings is 1. The molecule has 0 bridgehead atoms. The predicted octanol–water partition coefficient (Wildman–Crippen LogP) is 17.2. The van der Waals surface area contributed by atoms with Crippen LogP contribution in [0.5, 0.6) is 0 Å². The summed E-state index contributed by atoms with van der Waals surface area (Å²) >= 11 is 0. The first-order chi connectivity index (χ1) is 30.7. The minimum Gasteiger partial charge on any atom is -0.456 e. The van der Waals surface area contributed by atoms with Crippen molar-refractivity contribution in [3.8, 4) is 44.5 Å². The second-order valence-electron chi connectivity index (χ2n) is 16.1. The highest BCUT2D eigenvalue weighted by atomic mass is 16.3. The molecule has 11 aromatic carbocycles.